The van der Waals surface area contributed by atoms with Crippen LogP contribution in [0.5, 0.6) is 0 Å². The van der Waals surface area contributed by atoms with Crippen LogP contribution in [0.2, 0.25) is 0 Å². The van der Waals surface area contributed by atoms with Crippen LogP contribution in [0.3, 0.4) is 0 Å². The zero-order valence-electron chi connectivity index (χ0n) is 19.6. The Morgan fingerprint density at radius 3 is 2.86 bits per heavy atom. The molecule has 8 nitrogen and oxygen atoms in total. The quantitative estimate of drug-likeness (QED) is 0.432. The van der Waals surface area contributed by atoms with Crippen molar-refractivity contribution in [3.63, 3.8) is 0 Å². The maximum absolute atomic E-state index is 13.9. The number of rotatable bonds is 5. The van der Waals surface area contributed by atoms with Gasteiger partial charge in [-0.1, -0.05) is 12.1 Å². The molecular weight excluding hydrogens is 481 g/mol. The Bertz CT molecular complexity index is 1680. The van der Waals surface area contributed by atoms with E-state index < -0.39 is 9.84 Å². The molecule has 2 aliphatic rings. The molecule has 10 heteroatoms. The van der Waals surface area contributed by atoms with Gasteiger partial charge < -0.3 is 19.8 Å². The molecule has 0 radical (unpaired) electrons. The Kier molecular flexibility index (Phi) is 5.22. The molecule has 2 N–H and O–H groups in total. The van der Waals surface area contributed by atoms with Gasteiger partial charge in [0.2, 0.25) is 0 Å². The van der Waals surface area contributed by atoms with Crippen LogP contribution >= 0.6 is 0 Å². The summed E-state index contributed by atoms with van der Waals surface area (Å²) in [7, 11) is -3.42. The average molecular weight is 506 g/mol. The van der Waals surface area contributed by atoms with Gasteiger partial charge in [0.25, 0.3) is 5.91 Å². The lowest BCUT2D eigenvalue weighted by molar-refractivity contribution is 0.0965. The number of anilines is 1. The van der Waals surface area contributed by atoms with Crippen LogP contribution in [0.25, 0.3) is 16.6 Å². The normalized spacial score (nSPS) is 14.8. The number of nitrogens with one attached hydrogen (secondary N) is 2. The first-order chi connectivity index (χ1) is 17.3. The molecule has 1 amide bonds. The number of amides is 1. The van der Waals surface area contributed by atoms with E-state index in [0.717, 1.165) is 43.0 Å². The van der Waals surface area contributed by atoms with Gasteiger partial charge in [0, 0.05) is 36.8 Å². The van der Waals surface area contributed by atoms with E-state index in [2.05, 4.69) is 15.2 Å². The molecule has 2 aromatic heterocycles. The van der Waals surface area contributed by atoms with Crippen molar-refractivity contribution in [2.24, 2.45) is 0 Å². The lowest BCUT2D eigenvalue weighted by atomic mass is 10.2. The average Bonchev–Trinajstić information content (AvgIpc) is 3.51. The highest BCUT2D eigenvalue weighted by atomic mass is 32.2. The van der Waals surface area contributed by atoms with Gasteiger partial charge in [-0.15, -0.1) is 0 Å². The van der Waals surface area contributed by atoms with Crippen molar-refractivity contribution >= 4 is 38.2 Å². The van der Waals surface area contributed by atoms with Crippen molar-refractivity contribution < 1.29 is 17.6 Å². The third-order valence-corrected chi connectivity index (χ3v) is 7.76. The summed E-state index contributed by atoms with van der Waals surface area (Å²) in [6.45, 7) is 1.76. The second-order valence-electron chi connectivity index (χ2n) is 9.18. The Labute approximate surface area is 207 Å². The highest BCUT2D eigenvalue weighted by Crippen LogP contribution is 2.31. The molecule has 4 heterocycles. The van der Waals surface area contributed by atoms with Gasteiger partial charge in [0.05, 0.1) is 16.3 Å². The number of aryl methyl sites for hydroxylation is 1. The SMILES string of the molecule is CS(=O)(=O)c1ccc2c(c1)cc(C(=O)NC1=CCn3c1nc1c3NCCC1)n2Cc1cccc(F)c1. The zero-order valence-corrected chi connectivity index (χ0v) is 20.4. The molecular formula is C26H24FN5O3S. The number of aromatic nitrogens is 3. The van der Waals surface area contributed by atoms with Crippen LogP contribution in [0.15, 0.2) is 59.5 Å². The summed E-state index contributed by atoms with van der Waals surface area (Å²) in [6.07, 6.45) is 4.99. The predicted molar refractivity (Wildman–Crippen MR) is 135 cm³/mol. The van der Waals surface area contributed by atoms with Crippen LogP contribution < -0.4 is 10.6 Å². The minimum absolute atomic E-state index is 0.170. The molecule has 6 rings (SSSR count). The minimum Gasteiger partial charge on any atom is -0.370 e. The van der Waals surface area contributed by atoms with Gasteiger partial charge in [-0.05, 0) is 60.9 Å². The lowest BCUT2D eigenvalue weighted by Crippen LogP contribution is -2.25. The third kappa shape index (κ3) is 3.87. The monoisotopic (exact) mass is 505 g/mol. The smallest absolute Gasteiger partial charge is 0.272 e. The number of sulfone groups is 1. The number of imidazole rings is 1. The molecule has 0 aliphatic carbocycles. The summed E-state index contributed by atoms with van der Waals surface area (Å²) in [4.78, 5) is 18.5. The molecule has 2 aliphatic heterocycles. The van der Waals surface area contributed by atoms with Gasteiger partial charge in [0.1, 0.15) is 17.3 Å². The van der Waals surface area contributed by atoms with Gasteiger partial charge in [-0.3, -0.25) is 4.79 Å². The fourth-order valence-corrected chi connectivity index (χ4v) is 5.60. The Hall–Kier alpha value is -3.92. The fourth-order valence-electron chi connectivity index (χ4n) is 4.94. The standard InChI is InChI=1S/C26H24FN5O3S/c1-36(34,35)19-7-8-22-17(13-19)14-23(32(22)15-16-4-2-5-18(27)12-16)26(33)30-21-9-11-31-24-20(29-25(21)31)6-3-10-28-24/h2,4-5,7-9,12-14,28H,3,6,10-11,15H2,1H3,(H,30,33). The highest BCUT2D eigenvalue weighted by molar-refractivity contribution is 7.90. The van der Waals surface area contributed by atoms with Gasteiger partial charge >= 0.3 is 0 Å². The fraction of sp³-hybridized carbons (Fsp3) is 0.231. The number of benzene rings is 2. The second kappa shape index (κ2) is 8.34. The van der Waals surface area contributed by atoms with Crippen LogP contribution in [0, 0.1) is 5.82 Å². The summed E-state index contributed by atoms with van der Waals surface area (Å²) in [5, 5.41) is 7.01. The number of allylic oxidation sites excluding steroid dienone is 1. The number of carbonyl (C=O) groups is 1. The molecule has 0 saturated heterocycles. The van der Waals surface area contributed by atoms with Crippen molar-refractivity contribution in [3.8, 4) is 0 Å². The number of nitrogens with zero attached hydrogens (tertiary/aromatic N) is 3. The van der Waals surface area contributed by atoms with E-state index in [0.29, 0.717) is 34.4 Å². The first-order valence-corrected chi connectivity index (χ1v) is 13.6. The van der Waals surface area contributed by atoms with Crippen LogP contribution in [-0.4, -0.2) is 41.2 Å². The molecule has 0 fully saturated rings. The summed E-state index contributed by atoms with van der Waals surface area (Å²) in [6, 6.07) is 12.6. The Balaban J connectivity index is 1.39. The molecule has 184 valence electrons. The molecule has 0 bridgehead atoms. The molecule has 4 aromatic rings. The van der Waals surface area contributed by atoms with E-state index in [-0.39, 0.29) is 23.2 Å². The molecule has 2 aromatic carbocycles. The second-order valence-corrected chi connectivity index (χ2v) is 11.2. The first-order valence-electron chi connectivity index (χ1n) is 11.7. The maximum atomic E-state index is 13.9. The number of fused-ring (bicyclic) bond motifs is 4. The topological polar surface area (TPSA) is 98.0 Å². The van der Waals surface area contributed by atoms with E-state index in [1.54, 1.807) is 34.9 Å². The van der Waals surface area contributed by atoms with E-state index in [9.17, 15) is 17.6 Å². The number of carbonyl (C=O) groups excluding carboxylic acids is 1. The summed E-state index contributed by atoms with van der Waals surface area (Å²) >= 11 is 0. The van der Waals surface area contributed by atoms with E-state index in [1.165, 1.54) is 18.2 Å². The Morgan fingerprint density at radius 2 is 2.06 bits per heavy atom. The number of hydrogen-bond donors (Lipinski definition) is 2. The molecule has 36 heavy (non-hydrogen) atoms. The lowest BCUT2D eigenvalue weighted by Gasteiger charge is -2.14. The van der Waals surface area contributed by atoms with Crippen LogP contribution in [0.4, 0.5) is 10.2 Å². The van der Waals surface area contributed by atoms with Gasteiger partial charge in [0.15, 0.2) is 15.7 Å². The van der Waals surface area contributed by atoms with Crippen LogP contribution in [0.1, 0.15) is 34.0 Å². The molecule has 0 atom stereocenters. The minimum atomic E-state index is -3.42. The third-order valence-electron chi connectivity index (χ3n) is 6.65. The van der Waals surface area contributed by atoms with Crippen LogP contribution in [-0.2, 0) is 29.3 Å². The van der Waals surface area contributed by atoms with Gasteiger partial charge in [-0.25, -0.2) is 17.8 Å². The number of halogens is 1. The maximum Gasteiger partial charge on any atom is 0.272 e. The highest BCUT2D eigenvalue weighted by Gasteiger charge is 2.27. The number of hydrogen-bond acceptors (Lipinski definition) is 5. The summed E-state index contributed by atoms with van der Waals surface area (Å²) in [5.74, 6) is 1.01. The van der Waals surface area contributed by atoms with Crippen molar-refractivity contribution in [2.45, 2.75) is 30.8 Å². The van der Waals surface area contributed by atoms with E-state index >= 15 is 0 Å². The predicted octanol–water partition coefficient (Wildman–Crippen LogP) is 3.57. The first kappa shape index (κ1) is 22.5. The van der Waals surface area contributed by atoms with E-state index in [1.807, 2.05) is 6.08 Å². The molecule has 0 spiro atoms. The molecule has 0 unspecified atom stereocenters. The summed E-state index contributed by atoms with van der Waals surface area (Å²) in [5.41, 5.74) is 3.34. The summed E-state index contributed by atoms with van der Waals surface area (Å²) < 4.78 is 41.9. The zero-order chi connectivity index (χ0) is 25.0. The molecule has 0 saturated carbocycles. The Morgan fingerprint density at radius 1 is 1.19 bits per heavy atom. The van der Waals surface area contributed by atoms with Gasteiger partial charge in [-0.2, -0.15) is 0 Å². The van der Waals surface area contributed by atoms with E-state index in [4.69, 9.17) is 4.98 Å². The van der Waals surface area contributed by atoms with Crippen molar-refractivity contribution in [1.29, 1.82) is 0 Å². The van der Waals surface area contributed by atoms with Crippen molar-refractivity contribution in [2.75, 3.05) is 18.1 Å². The largest absolute Gasteiger partial charge is 0.370 e. The van der Waals surface area contributed by atoms with Crippen molar-refractivity contribution in [1.82, 2.24) is 19.4 Å². The van der Waals surface area contributed by atoms with Crippen molar-refractivity contribution in [3.05, 3.63) is 83.2 Å².